The van der Waals surface area contributed by atoms with Gasteiger partial charge < -0.3 is 24.8 Å². The van der Waals surface area contributed by atoms with Crippen LogP contribution in [0.3, 0.4) is 0 Å². The monoisotopic (exact) mass is 553 g/mol. The molecule has 0 aliphatic heterocycles. The quantitative estimate of drug-likeness (QED) is 0.291. The summed E-state index contributed by atoms with van der Waals surface area (Å²) in [4.78, 5) is 4.06. The molecule has 0 heterocycles. The Hall–Kier alpha value is -2.37. The lowest BCUT2D eigenvalue weighted by Crippen LogP contribution is -2.38. The number of ether oxygens (including phenoxy) is 3. The smallest absolute Gasteiger partial charge is 0.416 e. The van der Waals surface area contributed by atoms with Gasteiger partial charge in [-0.2, -0.15) is 13.2 Å². The third-order valence-electron chi connectivity index (χ3n) is 4.45. The number of nitrogens with one attached hydrogen (secondary N) is 2. The summed E-state index contributed by atoms with van der Waals surface area (Å²) < 4.78 is 55.4. The zero-order valence-corrected chi connectivity index (χ0v) is 20.1. The molecule has 0 bridgehead atoms. The van der Waals surface area contributed by atoms with Crippen LogP contribution in [0, 0.1) is 0 Å². The normalized spacial score (nSPS) is 11.4. The van der Waals surface area contributed by atoms with E-state index < -0.39 is 11.7 Å². The van der Waals surface area contributed by atoms with Crippen LogP contribution in [0.15, 0.2) is 41.4 Å². The van der Waals surface area contributed by atoms with Crippen LogP contribution in [0.5, 0.6) is 17.2 Å². The summed E-state index contributed by atoms with van der Waals surface area (Å²) in [5.41, 5.74) is 0.381. The summed E-state index contributed by atoms with van der Waals surface area (Å²) in [5, 5.41) is 6.01. The molecule has 0 atom stereocenters. The maximum Gasteiger partial charge on any atom is 0.416 e. The lowest BCUT2D eigenvalue weighted by atomic mass is 10.1. The van der Waals surface area contributed by atoms with Crippen LogP contribution in [0.4, 0.5) is 13.2 Å². The summed E-state index contributed by atoms with van der Waals surface area (Å²) in [6.07, 6.45) is -3.81. The molecule has 10 heteroatoms. The topological polar surface area (TPSA) is 64.1 Å². The minimum Gasteiger partial charge on any atom is -0.497 e. The molecular weight excluding hydrogens is 526 g/mol. The molecule has 0 aliphatic carbocycles. The SMILES string of the molecule is CN=C(NCCc1ccc(OC)c(OC)c1)NCc1ccc(OC)cc1C(F)(F)F.I. The molecule has 0 saturated carbocycles. The number of aliphatic imine (C=N–C) groups is 1. The number of halogens is 4. The number of benzene rings is 2. The van der Waals surface area contributed by atoms with E-state index in [4.69, 9.17) is 14.2 Å². The van der Waals surface area contributed by atoms with Gasteiger partial charge in [0, 0.05) is 20.1 Å². The van der Waals surface area contributed by atoms with E-state index in [9.17, 15) is 13.2 Å². The average Bonchev–Trinajstić information content (AvgIpc) is 2.75. The van der Waals surface area contributed by atoms with Gasteiger partial charge in [-0.05, 0) is 41.8 Å². The van der Waals surface area contributed by atoms with Crippen molar-refractivity contribution in [2.24, 2.45) is 4.99 Å². The molecule has 0 radical (unpaired) electrons. The highest BCUT2D eigenvalue weighted by Crippen LogP contribution is 2.34. The van der Waals surface area contributed by atoms with Gasteiger partial charge in [0.2, 0.25) is 0 Å². The summed E-state index contributed by atoms with van der Waals surface area (Å²) in [6, 6.07) is 9.51. The second-order valence-electron chi connectivity index (χ2n) is 6.31. The van der Waals surface area contributed by atoms with Crippen LogP contribution in [-0.4, -0.2) is 40.9 Å². The summed E-state index contributed by atoms with van der Waals surface area (Å²) in [7, 11) is 6.03. The van der Waals surface area contributed by atoms with Gasteiger partial charge in [-0.3, -0.25) is 4.99 Å². The zero-order valence-electron chi connectivity index (χ0n) is 17.8. The van der Waals surface area contributed by atoms with Crippen molar-refractivity contribution in [1.29, 1.82) is 0 Å². The molecule has 2 N–H and O–H groups in total. The van der Waals surface area contributed by atoms with Crippen LogP contribution >= 0.6 is 24.0 Å². The Morgan fingerprint density at radius 3 is 2.23 bits per heavy atom. The molecule has 172 valence electrons. The summed E-state index contributed by atoms with van der Waals surface area (Å²) in [6.45, 7) is 0.499. The molecule has 2 aromatic carbocycles. The van der Waals surface area contributed by atoms with Gasteiger partial charge in [-0.15, -0.1) is 24.0 Å². The molecule has 0 spiro atoms. The Labute approximate surface area is 197 Å². The van der Waals surface area contributed by atoms with Gasteiger partial charge in [0.15, 0.2) is 17.5 Å². The fourth-order valence-electron chi connectivity index (χ4n) is 2.86. The highest BCUT2D eigenvalue weighted by atomic mass is 127. The van der Waals surface area contributed by atoms with Crippen molar-refractivity contribution in [3.63, 3.8) is 0 Å². The maximum atomic E-state index is 13.3. The Morgan fingerprint density at radius 2 is 1.65 bits per heavy atom. The zero-order chi connectivity index (χ0) is 22.1. The first kappa shape index (κ1) is 26.7. The molecule has 2 rings (SSSR count). The van der Waals surface area contributed by atoms with E-state index >= 15 is 0 Å². The molecule has 0 saturated heterocycles. The third kappa shape index (κ3) is 7.67. The molecule has 31 heavy (non-hydrogen) atoms. The standard InChI is InChI=1S/C21H26F3N3O3.HI/c1-25-20(26-10-9-14-5-8-18(29-3)19(11-14)30-4)27-13-15-6-7-16(28-2)12-17(15)21(22,23)24;/h5-8,11-12H,9-10,13H2,1-4H3,(H2,25,26,27);1H. The van der Waals surface area contributed by atoms with Crippen molar-refractivity contribution in [2.75, 3.05) is 34.9 Å². The first-order valence-electron chi connectivity index (χ1n) is 9.22. The van der Waals surface area contributed by atoms with E-state index in [1.807, 2.05) is 18.2 Å². The fraction of sp³-hybridized carbons (Fsp3) is 0.381. The first-order chi connectivity index (χ1) is 14.3. The van der Waals surface area contributed by atoms with E-state index in [-0.39, 0.29) is 41.8 Å². The van der Waals surface area contributed by atoms with Crippen LogP contribution in [0.25, 0.3) is 0 Å². The second-order valence-corrected chi connectivity index (χ2v) is 6.31. The van der Waals surface area contributed by atoms with Crippen molar-refractivity contribution < 1.29 is 27.4 Å². The predicted molar refractivity (Wildman–Crippen MR) is 125 cm³/mol. The van der Waals surface area contributed by atoms with Crippen LogP contribution < -0.4 is 24.8 Å². The Bertz CT molecular complexity index is 877. The van der Waals surface area contributed by atoms with Crippen molar-refractivity contribution >= 4 is 29.9 Å². The Kier molecular flexibility index (Phi) is 10.7. The molecule has 0 fully saturated rings. The minimum atomic E-state index is -4.48. The molecule has 0 amide bonds. The summed E-state index contributed by atoms with van der Waals surface area (Å²) in [5.74, 6) is 1.84. The van der Waals surface area contributed by atoms with Gasteiger partial charge in [0.25, 0.3) is 0 Å². The number of guanidine groups is 1. The second kappa shape index (κ2) is 12.5. The number of alkyl halides is 3. The molecule has 6 nitrogen and oxygen atoms in total. The van der Waals surface area contributed by atoms with Crippen molar-refractivity contribution in [3.8, 4) is 17.2 Å². The van der Waals surface area contributed by atoms with E-state index in [2.05, 4.69) is 15.6 Å². The number of nitrogens with zero attached hydrogens (tertiary/aromatic N) is 1. The summed E-state index contributed by atoms with van der Waals surface area (Å²) >= 11 is 0. The maximum absolute atomic E-state index is 13.3. The van der Waals surface area contributed by atoms with Crippen LogP contribution in [0.2, 0.25) is 0 Å². The van der Waals surface area contributed by atoms with E-state index in [1.54, 1.807) is 21.3 Å². The van der Waals surface area contributed by atoms with Gasteiger partial charge >= 0.3 is 6.18 Å². The number of hydrogen-bond donors (Lipinski definition) is 2. The number of hydrogen-bond acceptors (Lipinski definition) is 4. The molecule has 0 aromatic heterocycles. The lowest BCUT2D eigenvalue weighted by molar-refractivity contribution is -0.138. The molecule has 0 aliphatic rings. The largest absolute Gasteiger partial charge is 0.497 e. The van der Waals surface area contributed by atoms with Gasteiger partial charge in [-0.25, -0.2) is 0 Å². The number of rotatable bonds is 8. The highest BCUT2D eigenvalue weighted by molar-refractivity contribution is 14.0. The van der Waals surface area contributed by atoms with Gasteiger partial charge in [0.1, 0.15) is 5.75 Å². The minimum absolute atomic E-state index is 0. The Balaban J connectivity index is 0.00000480. The van der Waals surface area contributed by atoms with Gasteiger partial charge in [0.05, 0.1) is 26.9 Å². The molecular formula is C21H27F3IN3O3. The van der Waals surface area contributed by atoms with Crippen LogP contribution in [0.1, 0.15) is 16.7 Å². The fourth-order valence-corrected chi connectivity index (χ4v) is 2.86. The predicted octanol–water partition coefficient (Wildman–Crippen LogP) is 4.26. The average molecular weight is 553 g/mol. The van der Waals surface area contributed by atoms with Crippen LogP contribution in [-0.2, 0) is 19.1 Å². The van der Waals surface area contributed by atoms with Gasteiger partial charge in [-0.1, -0.05) is 12.1 Å². The molecule has 0 unspecified atom stereocenters. The van der Waals surface area contributed by atoms with E-state index in [0.717, 1.165) is 11.6 Å². The lowest BCUT2D eigenvalue weighted by Gasteiger charge is -2.17. The number of methoxy groups -OCH3 is 3. The van der Waals surface area contributed by atoms with Crippen molar-refractivity contribution in [2.45, 2.75) is 19.1 Å². The van der Waals surface area contributed by atoms with E-state index in [0.29, 0.717) is 30.4 Å². The molecule has 2 aromatic rings. The van der Waals surface area contributed by atoms with Crippen molar-refractivity contribution in [1.82, 2.24) is 10.6 Å². The Morgan fingerprint density at radius 1 is 0.935 bits per heavy atom. The third-order valence-corrected chi connectivity index (χ3v) is 4.45. The van der Waals surface area contributed by atoms with Crippen molar-refractivity contribution in [3.05, 3.63) is 53.1 Å². The first-order valence-corrected chi connectivity index (χ1v) is 9.22. The van der Waals surface area contributed by atoms with E-state index in [1.165, 1.54) is 19.2 Å². The highest BCUT2D eigenvalue weighted by Gasteiger charge is 2.33.